The largest absolute Gasteiger partial charge is 0.484 e. The molecule has 2 rings (SSSR count). The number of piperidine rings is 1. The first kappa shape index (κ1) is 24.0. The number of nitrogens with one attached hydrogen (secondary N) is 1. The number of carboxylic acid groups (broad SMARTS) is 1. The SMILES string of the molecule is C/C(C(=O)O)=C(OCC=O)\C(Cl)=C(/C)c1cccc(NC2CCN(C)C(C)(C)C2)c1. The van der Waals surface area contributed by atoms with Gasteiger partial charge >= 0.3 is 5.97 Å². The number of carbonyl (C=O) groups is 2. The molecule has 0 aliphatic carbocycles. The molecule has 0 aromatic heterocycles. The molecule has 0 amide bonds. The summed E-state index contributed by atoms with van der Waals surface area (Å²) in [6.07, 6.45) is 2.65. The first-order valence-electron chi connectivity index (χ1n) is 10.0. The number of aldehydes is 1. The topological polar surface area (TPSA) is 78.9 Å². The molecule has 1 heterocycles. The van der Waals surface area contributed by atoms with E-state index in [9.17, 15) is 14.7 Å². The van der Waals surface area contributed by atoms with Crippen LogP contribution in [-0.2, 0) is 14.3 Å². The van der Waals surface area contributed by atoms with Crippen molar-refractivity contribution in [3.8, 4) is 0 Å². The third-order valence-corrected chi connectivity index (χ3v) is 6.20. The molecule has 0 bridgehead atoms. The number of rotatable bonds is 8. The fraction of sp³-hybridized carbons (Fsp3) is 0.478. The van der Waals surface area contributed by atoms with E-state index in [4.69, 9.17) is 16.3 Å². The highest BCUT2D eigenvalue weighted by Crippen LogP contribution is 2.32. The Labute approximate surface area is 183 Å². The number of hydrogen-bond acceptors (Lipinski definition) is 5. The van der Waals surface area contributed by atoms with Crippen LogP contribution < -0.4 is 5.32 Å². The summed E-state index contributed by atoms with van der Waals surface area (Å²) in [5.41, 5.74) is 2.59. The highest BCUT2D eigenvalue weighted by atomic mass is 35.5. The van der Waals surface area contributed by atoms with Crippen molar-refractivity contribution in [2.45, 2.75) is 52.1 Å². The summed E-state index contributed by atoms with van der Waals surface area (Å²) in [5, 5.41) is 13.1. The molecule has 1 aromatic rings. The number of aliphatic carboxylic acids is 1. The average molecular weight is 435 g/mol. The van der Waals surface area contributed by atoms with Crippen molar-refractivity contribution in [2.75, 3.05) is 25.5 Å². The van der Waals surface area contributed by atoms with E-state index in [1.165, 1.54) is 6.92 Å². The first-order chi connectivity index (χ1) is 14.1. The van der Waals surface area contributed by atoms with E-state index in [-0.39, 0.29) is 28.5 Å². The fourth-order valence-corrected chi connectivity index (χ4v) is 3.87. The molecule has 0 spiro atoms. The van der Waals surface area contributed by atoms with Gasteiger partial charge in [0.05, 0.1) is 10.6 Å². The van der Waals surface area contributed by atoms with E-state index in [1.54, 1.807) is 6.92 Å². The molecular weight excluding hydrogens is 404 g/mol. The fourth-order valence-electron chi connectivity index (χ4n) is 3.56. The minimum absolute atomic E-state index is 0.00389. The molecule has 2 N–H and O–H groups in total. The summed E-state index contributed by atoms with van der Waals surface area (Å²) < 4.78 is 5.32. The third-order valence-electron chi connectivity index (χ3n) is 5.74. The number of anilines is 1. The van der Waals surface area contributed by atoms with E-state index in [0.29, 0.717) is 17.9 Å². The van der Waals surface area contributed by atoms with Gasteiger partial charge in [0.2, 0.25) is 0 Å². The van der Waals surface area contributed by atoms with Crippen LogP contribution in [0.25, 0.3) is 5.57 Å². The summed E-state index contributed by atoms with van der Waals surface area (Å²) in [5.74, 6) is -1.15. The monoisotopic (exact) mass is 434 g/mol. The van der Waals surface area contributed by atoms with Crippen LogP contribution in [0.3, 0.4) is 0 Å². The molecule has 0 radical (unpaired) electrons. The maximum absolute atomic E-state index is 11.4. The van der Waals surface area contributed by atoms with E-state index in [2.05, 4.69) is 31.1 Å². The van der Waals surface area contributed by atoms with Crippen molar-refractivity contribution in [3.05, 3.63) is 46.2 Å². The van der Waals surface area contributed by atoms with Gasteiger partial charge in [0.15, 0.2) is 6.29 Å². The molecule has 0 saturated carbocycles. The molecule has 1 aliphatic rings. The summed E-state index contributed by atoms with van der Waals surface area (Å²) in [7, 11) is 2.16. The Balaban J connectivity index is 2.29. The van der Waals surface area contributed by atoms with Crippen LogP contribution in [0.5, 0.6) is 0 Å². The zero-order valence-corrected chi connectivity index (χ0v) is 19.0. The molecule has 164 valence electrons. The minimum Gasteiger partial charge on any atom is -0.484 e. The van der Waals surface area contributed by atoms with Gasteiger partial charge in [-0.1, -0.05) is 23.7 Å². The quantitative estimate of drug-likeness (QED) is 0.271. The van der Waals surface area contributed by atoms with Crippen LogP contribution in [0.4, 0.5) is 5.69 Å². The lowest BCUT2D eigenvalue weighted by molar-refractivity contribution is -0.133. The molecule has 1 fully saturated rings. The van der Waals surface area contributed by atoms with Gasteiger partial charge in [-0.15, -0.1) is 0 Å². The van der Waals surface area contributed by atoms with Crippen molar-refractivity contribution in [3.63, 3.8) is 0 Å². The third kappa shape index (κ3) is 5.86. The number of benzene rings is 1. The van der Waals surface area contributed by atoms with Crippen molar-refractivity contribution < 1.29 is 19.4 Å². The summed E-state index contributed by atoms with van der Waals surface area (Å²) in [6.45, 7) is 8.48. The molecule has 1 aliphatic heterocycles. The van der Waals surface area contributed by atoms with Crippen molar-refractivity contribution in [1.29, 1.82) is 0 Å². The number of carboxylic acids is 1. The predicted octanol–water partition coefficient (Wildman–Crippen LogP) is 4.52. The van der Waals surface area contributed by atoms with Crippen LogP contribution in [0.15, 0.2) is 40.6 Å². The normalized spacial score (nSPS) is 20.7. The Hall–Kier alpha value is -2.31. The molecule has 1 saturated heterocycles. The number of likely N-dealkylation sites (tertiary alicyclic amines) is 1. The van der Waals surface area contributed by atoms with Gasteiger partial charge in [-0.3, -0.25) is 4.79 Å². The predicted molar refractivity (Wildman–Crippen MR) is 121 cm³/mol. The van der Waals surface area contributed by atoms with E-state index >= 15 is 0 Å². The maximum Gasteiger partial charge on any atom is 0.335 e. The van der Waals surface area contributed by atoms with Crippen LogP contribution >= 0.6 is 11.6 Å². The number of halogens is 1. The second-order valence-electron chi connectivity index (χ2n) is 8.32. The van der Waals surface area contributed by atoms with Crippen molar-refractivity contribution in [2.24, 2.45) is 0 Å². The Kier molecular flexibility index (Phi) is 8.10. The van der Waals surface area contributed by atoms with Crippen molar-refractivity contribution in [1.82, 2.24) is 4.90 Å². The average Bonchev–Trinajstić information content (AvgIpc) is 2.70. The molecule has 1 atom stereocenters. The smallest absolute Gasteiger partial charge is 0.335 e. The van der Waals surface area contributed by atoms with Crippen molar-refractivity contribution >= 4 is 35.1 Å². The van der Waals surface area contributed by atoms with Gasteiger partial charge in [0, 0.05) is 23.8 Å². The van der Waals surface area contributed by atoms with Gasteiger partial charge in [-0.25, -0.2) is 4.79 Å². The van der Waals surface area contributed by atoms with Crippen LogP contribution in [0, 0.1) is 0 Å². The van der Waals surface area contributed by atoms with Gasteiger partial charge in [0.25, 0.3) is 0 Å². The Morgan fingerprint density at radius 1 is 1.40 bits per heavy atom. The molecule has 1 unspecified atom stereocenters. The Bertz CT molecular complexity index is 861. The lowest BCUT2D eigenvalue weighted by Gasteiger charge is -2.44. The number of allylic oxidation sites excluding steroid dienone is 2. The van der Waals surface area contributed by atoms with E-state index in [1.807, 2.05) is 24.3 Å². The van der Waals surface area contributed by atoms with Gasteiger partial charge < -0.3 is 20.1 Å². The number of nitrogens with zero attached hydrogens (tertiary/aromatic N) is 1. The van der Waals surface area contributed by atoms with Crippen LogP contribution in [0.2, 0.25) is 0 Å². The van der Waals surface area contributed by atoms with Gasteiger partial charge in [0.1, 0.15) is 12.4 Å². The highest BCUT2D eigenvalue weighted by Gasteiger charge is 2.32. The highest BCUT2D eigenvalue weighted by molar-refractivity contribution is 6.35. The second-order valence-corrected chi connectivity index (χ2v) is 8.70. The molecule has 6 nitrogen and oxygen atoms in total. The summed E-state index contributed by atoms with van der Waals surface area (Å²) in [4.78, 5) is 24.5. The van der Waals surface area contributed by atoms with Crippen LogP contribution in [0.1, 0.15) is 46.1 Å². The maximum atomic E-state index is 11.4. The summed E-state index contributed by atoms with van der Waals surface area (Å²) >= 11 is 6.50. The Morgan fingerprint density at radius 2 is 2.10 bits per heavy atom. The standard InChI is InChI=1S/C23H31ClN2O4/c1-15(20(24)21(30-12-11-27)16(2)22(28)29)17-7-6-8-18(13-17)25-19-9-10-26(5)23(3,4)14-19/h6-8,11,13,19,25H,9-10,12,14H2,1-5H3,(H,28,29)/b20-15-,21-16-. The van der Waals surface area contributed by atoms with E-state index in [0.717, 1.165) is 30.6 Å². The second kappa shape index (κ2) is 10.1. The van der Waals surface area contributed by atoms with Crippen LogP contribution in [-0.4, -0.2) is 54.0 Å². The Morgan fingerprint density at radius 3 is 2.70 bits per heavy atom. The number of carbonyl (C=O) groups excluding carboxylic acids is 1. The van der Waals surface area contributed by atoms with Gasteiger partial charge in [-0.05, 0) is 70.9 Å². The lowest BCUT2D eigenvalue weighted by atomic mass is 9.87. The zero-order valence-electron chi connectivity index (χ0n) is 18.3. The lowest BCUT2D eigenvalue weighted by Crippen LogP contribution is -2.50. The molecule has 1 aromatic carbocycles. The van der Waals surface area contributed by atoms with Gasteiger partial charge in [-0.2, -0.15) is 0 Å². The molecular formula is C23H31ClN2O4. The zero-order chi connectivity index (χ0) is 22.5. The number of ether oxygens (including phenoxy) is 1. The van der Waals surface area contributed by atoms with E-state index < -0.39 is 5.97 Å². The number of hydrogen-bond donors (Lipinski definition) is 2. The minimum atomic E-state index is -1.15. The molecule has 7 heteroatoms. The molecule has 30 heavy (non-hydrogen) atoms. The first-order valence-corrected chi connectivity index (χ1v) is 10.4. The summed E-state index contributed by atoms with van der Waals surface area (Å²) in [6, 6.07) is 8.22.